The minimum Gasteiger partial charge on any atom is -0.497 e. The van der Waals surface area contributed by atoms with Gasteiger partial charge in [-0.3, -0.25) is 4.90 Å². The van der Waals surface area contributed by atoms with Crippen molar-refractivity contribution in [3.63, 3.8) is 0 Å². The minimum absolute atomic E-state index is 0.0672. The molecule has 0 spiro atoms. The molecule has 1 aliphatic heterocycles. The van der Waals surface area contributed by atoms with Gasteiger partial charge in [0.2, 0.25) is 0 Å². The van der Waals surface area contributed by atoms with Gasteiger partial charge in [-0.2, -0.15) is 0 Å². The smallest absolute Gasteiger partial charge is 0.119 e. The van der Waals surface area contributed by atoms with Crippen molar-refractivity contribution in [2.24, 2.45) is 5.73 Å². The zero-order valence-corrected chi connectivity index (χ0v) is 12.9. The van der Waals surface area contributed by atoms with Crippen LogP contribution < -0.4 is 15.4 Å². The molecule has 0 aromatic heterocycles. The summed E-state index contributed by atoms with van der Waals surface area (Å²) in [6.07, 6.45) is 1.02. The van der Waals surface area contributed by atoms with Crippen LogP contribution >= 0.6 is 0 Å². The van der Waals surface area contributed by atoms with Crippen molar-refractivity contribution in [3.05, 3.63) is 24.3 Å². The van der Waals surface area contributed by atoms with Crippen LogP contribution in [0.1, 0.15) is 20.3 Å². The van der Waals surface area contributed by atoms with E-state index in [0.717, 1.165) is 44.9 Å². The molecular weight excluding hydrogens is 250 g/mol. The number of hydrogen-bond donors (Lipinski definition) is 1. The van der Waals surface area contributed by atoms with Crippen LogP contribution in [0, 0.1) is 0 Å². The Labute approximate surface area is 122 Å². The third-order valence-corrected chi connectivity index (χ3v) is 4.20. The summed E-state index contributed by atoms with van der Waals surface area (Å²) in [7, 11) is 1.70. The van der Waals surface area contributed by atoms with Gasteiger partial charge in [0.15, 0.2) is 0 Å². The van der Waals surface area contributed by atoms with E-state index in [1.807, 2.05) is 12.1 Å². The van der Waals surface area contributed by atoms with Crippen molar-refractivity contribution in [1.29, 1.82) is 0 Å². The maximum atomic E-state index is 6.26. The van der Waals surface area contributed by atoms with Crippen LogP contribution in [0.15, 0.2) is 24.3 Å². The quantitative estimate of drug-likeness (QED) is 0.893. The maximum absolute atomic E-state index is 6.26. The van der Waals surface area contributed by atoms with Crippen molar-refractivity contribution >= 4 is 5.69 Å². The first-order valence-corrected chi connectivity index (χ1v) is 7.44. The van der Waals surface area contributed by atoms with Crippen LogP contribution in [0.25, 0.3) is 0 Å². The molecule has 112 valence electrons. The maximum Gasteiger partial charge on any atom is 0.119 e. The topological polar surface area (TPSA) is 41.7 Å². The fourth-order valence-corrected chi connectivity index (χ4v) is 2.58. The minimum atomic E-state index is -0.0672. The highest BCUT2D eigenvalue weighted by Gasteiger charge is 2.23. The molecule has 1 unspecified atom stereocenters. The van der Waals surface area contributed by atoms with Gasteiger partial charge in [-0.15, -0.1) is 0 Å². The summed E-state index contributed by atoms with van der Waals surface area (Å²) < 4.78 is 5.20. The van der Waals surface area contributed by atoms with Gasteiger partial charge >= 0.3 is 0 Å². The van der Waals surface area contributed by atoms with Crippen molar-refractivity contribution in [1.82, 2.24) is 4.90 Å². The number of anilines is 1. The summed E-state index contributed by atoms with van der Waals surface area (Å²) in [5.74, 6) is 0.911. The second-order valence-corrected chi connectivity index (χ2v) is 5.97. The first kappa shape index (κ1) is 15.1. The van der Waals surface area contributed by atoms with Gasteiger partial charge in [0.05, 0.1) is 7.11 Å². The molecule has 2 rings (SSSR count). The first-order chi connectivity index (χ1) is 9.54. The molecule has 1 aromatic carbocycles. The van der Waals surface area contributed by atoms with Crippen LogP contribution in [0.3, 0.4) is 0 Å². The molecule has 0 aliphatic carbocycles. The monoisotopic (exact) mass is 277 g/mol. The van der Waals surface area contributed by atoms with E-state index in [4.69, 9.17) is 10.5 Å². The van der Waals surface area contributed by atoms with E-state index in [9.17, 15) is 0 Å². The van der Waals surface area contributed by atoms with E-state index in [0.29, 0.717) is 0 Å². The Morgan fingerprint density at radius 1 is 1.15 bits per heavy atom. The predicted molar refractivity (Wildman–Crippen MR) is 84.5 cm³/mol. The van der Waals surface area contributed by atoms with Crippen LogP contribution in [-0.4, -0.2) is 50.3 Å². The third kappa shape index (κ3) is 3.87. The number of benzene rings is 1. The lowest BCUT2D eigenvalue weighted by Gasteiger charge is -2.39. The van der Waals surface area contributed by atoms with Crippen LogP contribution in [0.4, 0.5) is 5.69 Å². The van der Waals surface area contributed by atoms with Crippen molar-refractivity contribution < 1.29 is 4.74 Å². The van der Waals surface area contributed by atoms with Gasteiger partial charge in [-0.25, -0.2) is 0 Å². The number of nitrogens with two attached hydrogens (primary N) is 1. The zero-order chi connectivity index (χ0) is 14.6. The Bertz CT molecular complexity index is 408. The largest absolute Gasteiger partial charge is 0.497 e. The Balaban J connectivity index is 1.87. The van der Waals surface area contributed by atoms with Gasteiger partial charge in [0.25, 0.3) is 0 Å². The molecule has 4 heteroatoms. The van der Waals surface area contributed by atoms with Crippen molar-refractivity contribution in [2.75, 3.05) is 44.7 Å². The molecule has 0 amide bonds. The lowest BCUT2D eigenvalue weighted by molar-refractivity contribution is 0.203. The Kier molecular flexibility index (Phi) is 4.89. The molecule has 1 saturated heterocycles. The number of methoxy groups -OCH3 is 1. The third-order valence-electron chi connectivity index (χ3n) is 4.20. The van der Waals surface area contributed by atoms with E-state index < -0.39 is 0 Å². The normalized spacial score (nSPS) is 19.7. The highest BCUT2D eigenvalue weighted by molar-refractivity contribution is 5.49. The average molecular weight is 277 g/mol. The Morgan fingerprint density at radius 3 is 2.25 bits per heavy atom. The molecule has 1 aliphatic rings. The lowest BCUT2D eigenvalue weighted by atomic mass is 9.99. The van der Waals surface area contributed by atoms with Crippen LogP contribution in [0.5, 0.6) is 5.75 Å². The molecule has 0 saturated carbocycles. The lowest BCUT2D eigenvalue weighted by Crippen LogP contribution is -2.54. The molecule has 4 nitrogen and oxygen atoms in total. The molecule has 1 aromatic rings. The highest BCUT2D eigenvalue weighted by atomic mass is 16.5. The van der Waals surface area contributed by atoms with E-state index in [1.165, 1.54) is 5.69 Å². The van der Waals surface area contributed by atoms with Gasteiger partial charge < -0.3 is 15.4 Å². The van der Waals surface area contributed by atoms with Gasteiger partial charge in [-0.1, -0.05) is 6.92 Å². The number of ether oxygens (including phenoxy) is 1. The zero-order valence-electron chi connectivity index (χ0n) is 12.9. The molecule has 0 radical (unpaired) electrons. The molecule has 1 heterocycles. The fourth-order valence-electron chi connectivity index (χ4n) is 2.58. The predicted octanol–water partition coefficient (Wildman–Crippen LogP) is 1.94. The van der Waals surface area contributed by atoms with Crippen LogP contribution in [-0.2, 0) is 0 Å². The summed E-state index contributed by atoms with van der Waals surface area (Å²) in [5.41, 5.74) is 7.46. The fraction of sp³-hybridized carbons (Fsp3) is 0.625. The molecule has 2 N–H and O–H groups in total. The molecule has 1 atom stereocenters. The van der Waals surface area contributed by atoms with E-state index in [-0.39, 0.29) is 5.54 Å². The number of nitrogens with zero attached hydrogens (tertiary/aromatic N) is 2. The van der Waals surface area contributed by atoms with Gasteiger partial charge in [-0.05, 0) is 37.6 Å². The molecule has 1 fully saturated rings. The summed E-state index contributed by atoms with van der Waals surface area (Å²) in [6.45, 7) is 9.58. The Morgan fingerprint density at radius 2 is 1.75 bits per heavy atom. The molecular formula is C16H27N3O. The number of rotatable bonds is 5. The SMILES string of the molecule is CCC(C)(N)CN1CCN(c2ccc(OC)cc2)CC1. The average Bonchev–Trinajstić information content (AvgIpc) is 2.48. The van der Waals surface area contributed by atoms with Crippen LogP contribution in [0.2, 0.25) is 0 Å². The number of piperazine rings is 1. The second-order valence-electron chi connectivity index (χ2n) is 5.97. The summed E-state index contributed by atoms with van der Waals surface area (Å²) in [5, 5.41) is 0. The highest BCUT2D eigenvalue weighted by Crippen LogP contribution is 2.21. The molecule has 20 heavy (non-hydrogen) atoms. The van der Waals surface area contributed by atoms with Crippen molar-refractivity contribution in [3.8, 4) is 5.75 Å². The van der Waals surface area contributed by atoms with E-state index >= 15 is 0 Å². The standard InChI is InChI=1S/C16H27N3O/c1-4-16(2,17)13-18-9-11-19(12-10-18)14-5-7-15(20-3)8-6-14/h5-8H,4,9-13,17H2,1-3H3. The first-order valence-electron chi connectivity index (χ1n) is 7.44. The number of hydrogen-bond acceptors (Lipinski definition) is 4. The molecule has 0 bridgehead atoms. The second kappa shape index (κ2) is 6.46. The van der Waals surface area contributed by atoms with E-state index in [2.05, 4.69) is 35.8 Å². The summed E-state index contributed by atoms with van der Waals surface area (Å²) in [4.78, 5) is 4.90. The van der Waals surface area contributed by atoms with Gasteiger partial charge in [0, 0.05) is 44.0 Å². The summed E-state index contributed by atoms with van der Waals surface area (Å²) in [6, 6.07) is 8.31. The van der Waals surface area contributed by atoms with Crippen molar-refractivity contribution in [2.45, 2.75) is 25.8 Å². The van der Waals surface area contributed by atoms with E-state index in [1.54, 1.807) is 7.11 Å². The Hall–Kier alpha value is -1.26. The van der Waals surface area contributed by atoms with Gasteiger partial charge in [0.1, 0.15) is 5.75 Å². The summed E-state index contributed by atoms with van der Waals surface area (Å²) >= 11 is 0.